The Balaban J connectivity index is 1.79. The molecule has 0 bridgehead atoms. The van der Waals surface area contributed by atoms with E-state index in [-0.39, 0.29) is 17.8 Å². The molecule has 1 unspecified atom stereocenters. The number of allylic oxidation sites excluding steroid dienone is 1. The SMILES string of the molecule is O=C1C=CC(O)(CC#Cc2ccc(C(F)(F)F)cc2)/C1=C\c1ccccc1. The number of halogens is 3. The Hall–Kier alpha value is -3.10. The van der Waals surface area contributed by atoms with Crippen molar-refractivity contribution < 1.29 is 23.1 Å². The molecule has 1 N–H and O–H groups in total. The lowest BCUT2D eigenvalue weighted by atomic mass is 9.91. The van der Waals surface area contributed by atoms with E-state index in [1.807, 2.05) is 30.3 Å². The van der Waals surface area contributed by atoms with Gasteiger partial charge in [-0.25, -0.2) is 0 Å². The zero-order valence-corrected chi connectivity index (χ0v) is 14.1. The summed E-state index contributed by atoms with van der Waals surface area (Å²) in [5.41, 5.74) is -0.877. The summed E-state index contributed by atoms with van der Waals surface area (Å²) in [5, 5.41) is 10.8. The van der Waals surface area contributed by atoms with Gasteiger partial charge in [0.15, 0.2) is 5.78 Å². The topological polar surface area (TPSA) is 37.3 Å². The third-order valence-corrected chi connectivity index (χ3v) is 4.16. The lowest BCUT2D eigenvalue weighted by Crippen LogP contribution is -2.27. The number of aliphatic hydroxyl groups is 1. The van der Waals surface area contributed by atoms with Crippen LogP contribution in [0.3, 0.4) is 0 Å². The van der Waals surface area contributed by atoms with Gasteiger partial charge in [-0.05, 0) is 48.1 Å². The van der Waals surface area contributed by atoms with Crippen LogP contribution in [-0.2, 0) is 11.0 Å². The molecule has 1 atom stereocenters. The molecule has 0 heterocycles. The van der Waals surface area contributed by atoms with Crippen LogP contribution in [0, 0.1) is 11.8 Å². The lowest BCUT2D eigenvalue weighted by Gasteiger charge is -2.19. The van der Waals surface area contributed by atoms with E-state index in [0.29, 0.717) is 5.56 Å². The third-order valence-electron chi connectivity index (χ3n) is 4.16. The molecule has 0 aromatic heterocycles. The second-order valence-corrected chi connectivity index (χ2v) is 6.14. The van der Waals surface area contributed by atoms with Gasteiger partial charge < -0.3 is 5.11 Å². The van der Waals surface area contributed by atoms with Gasteiger partial charge in [-0.3, -0.25) is 4.79 Å². The van der Waals surface area contributed by atoms with Crippen LogP contribution in [0.1, 0.15) is 23.1 Å². The zero-order valence-electron chi connectivity index (χ0n) is 14.1. The van der Waals surface area contributed by atoms with Crippen LogP contribution < -0.4 is 0 Å². The number of ketones is 1. The van der Waals surface area contributed by atoms with Gasteiger partial charge in [0.05, 0.1) is 5.56 Å². The minimum atomic E-state index is -4.40. The fourth-order valence-corrected chi connectivity index (χ4v) is 2.70. The molecule has 0 fully saturated rings. The molecule has 1 aliphatic rings. The summed E-state index contributed by atoms with van der Waals surface area (Å²) in [4.78, 5) is 12.1. The van der Waals surface area contributed by atoms with Crippen LogP contribution in [0.4, 0.5) is 13.2 Å². The average Bonchev–Trinajstić information content (AvgIpc) is 2.91. The van der Waals surface area contributed by atoms with E-state index in [4.69, 9.17) is 0 Å². The summed E-state index contributed by atoms with van der Waals surface area (Å²) in [6.45, 7) is 0. The van der Waals surface area contributed by atoms with Crippen molar-refractivity contribution >= 4 is 11.9 Å². The van der Waals surface area contributed by atoms with Gasteiger partial charge in [0.2, 0.25) is 0 Å². The molecule has 2 aromatic rings. The number of rotatable bonds is 2. The summed E-state index contributed by atoms with van der Waals surface area (Å²) in [5.74, 6) is 5.18. The predicted molar refractivity (Wildman–Crippen MR) is 96.5 cm³/mol. The summed E-state index contributed by atoms with van der Waals surface area (Å²) in [6.07, 6.45) is -0.134. The molecule has 2 aromatic carbocycles. The maximum absolute atomic E-state index is 12.6. The Morgan fingerprint density at radius 1 is 1.04 bits per heavy atom. The molecule has 136 valence electrons. The number of carbonyl (C=O) groups is 1. The molecular weight excluding hydrogens is 353 g/mol. The standard InChI is InChI=1S/C22H15F3O2/c23-22(24,25)18-10-8-16(9-11-18)7-4-13-21(27)14-12-20(26)19(21)15-17-5-2-1-3-6-17/h1-3,5-6,8-12,14-15,27H,13H2/b19-15-. The first kappa shape index (κ1) is 18.7. The molecule has 0 radical (unpaired) electrons. The first-order chi connectivity index (χ1) is 12.8. The predicted octanol–water partition coefficient (Wildman–Crippen LogP) is 4.40. The monoisotopic (exact) mass is 368 g/mol. The maximum atomic E-state index is 12.6. The first-order valence-electron chi connectivity index (χ1n) is 8.17. The molecule has 0 spiro atoms. The average molecular weight is 368 g/mol. The smallest absolute Gasteiger partial charge is 0.380 e. The van der Waals surface area contributed by atoms with E-state index in [1.165, 1.54) is 24.3 Å². The largest absolute Gasteiger partial charge is 0.416 e. The van der Waals surface area contributed by atoms with E-state index < -0.39 is 17.3 Å². The minimum Gasteiger partial charge on any atom is -0.380 e. The Bertz CT molecular complexity index is 959. The van der Waals surface area contributed by atoms with Crippen molar-refractivity contribution in [2.45, 2.75) is 18.2 Å². The van der Waals surface area contributed by atoms with Crippen LogP contribution in [0.15, 0.2) is 72.3 Å². The van der Waals surface area contributed by atoms with Crippen molar-refractivity contribution in [3.8, 4) is 11.8 Å². The van der Waals surface area contributed by atoms with Crippen molar-refractivity contribution in [3.63, 3.8) is 0 Å². The molecule has 1 aliphatic carbocycles. The number of carbonyl (C=O) groups excluding carboxylic acids is 1. The van der Waals surface area contributed by atoms with Crippen LogP contribution in [0.2, 0.25) is 0 Å². The second-order valence-electron chi connectivity index (χ2n) is 6.14. The van der Waals surface area contributed by atoms with Crippen molar-refractivity contribution in [2.24, 2.45) is 0 Å². The quantitative estimate of drug-likeness (QED) is 0.630. The summed E-state index contributed by atoms with van der Waals surface area (Å²) in [7, 11) is 0. The lowest BCUT2D eigenvalue weighted by molar-refractivity contribution is -0.137. The van der Waals surface area contributed by atoms with E-state index in [1.54, 1.807) is 6.08 Å². The number of hydrogen-bond acceptors (Lipinski definition) is 2. The highest BCUT2D eigenvalue weighted by Crippen LogP contribution is 2.31. The van der Waals surface area contributed by atoms with Gasteiger partial charge in [-0.1, -0.05) is 42.2 Å². The van der Waals surface area contributed by atoms with Crippen LogP contribution in [-0.4, -0.2) is 16.5 Å². The first-order valence-corrected chi connectivity index (χ1v) is 8.17. The molecule has 2 nitrogen and oxygen atoms in total. The van der Waals surface area contributed by atoms with Crippen molar-refractivity contribution in [3.05, 3.63) is 89.0 Å². The Morgan fingerprint density at radius 3 is 2.33 bits per heavy atom. The van der Waals surface area contributed by atoms with Crippen molar-refractivity contribution in [1.82, 2.24) is 0 Å². The van der Waals surface area contributed by atoms with Crippen molar-refractivity contribution in [1.29, 1.82) is 0 Å². The zero-order chi connectivity index (χ0) is 19.5. The molecule has 0 saturated heterocycles. The Kier molecular flexibility index (Phi) is 5.02. The van der Waals surface area contributed by atoms with Gasteiger partial charge >= 0.3 is 6.18 Å². The molecular formula is C22H15F3O2. The molecule has 3 rings (SSSR count). The second kappa shape index (κ2) is 7.26. The normalized spacial score (nSPS) is 20.6. The van der Waals surface area contributed by atoms with Crippen molar-refractivity contribution in [2.75, 3.05) is 0 Å². The summed E-state index contributed by atoms with van der Waals surface area (Å²) < 4.78 is 37.7. The number of hydrogen-bond donors (Lipinski definition) is 1. The van der Waals surface area contributed by atoms with Gasteiger partial charge in [0.1, 0.15) is 5.60 Å². The Morgan fingerprint density at radius 2 is 1.70 bits per heavy atom. The fourth-order valence-electron chi connectivity index (χ4n) is 2.70. The summed E-state index contributed by atoms with van der Waals surface area (Å²) >= 11 is 0. The Labute approximate surface area is 154 Å². The van der Waals surface area contributed by atoms with E-state index in [2.05, 4.69) is 11.8 Å². The van der Waals surface area contributed by atoms with Gasteiger partial charge in [-0.2, -0.15) is 13.2 Å². The van der Waals surface area contributed by atoms with Crippen LogP contribution in [0.25, 0.3) is 6.08 Å². The third kappa shape index (κ3) is 4.36. The highest BCUT2D eigenvalue weighted by Gasteiger charge is 2.36. The molecule has 5 heteroatoms. The molecule has 0 saturated carbocycles. The highest BCUT2D eigenvalue weighted by molar-refractivity contribution is 6.12. The fraction of sp³-hybridized carbons (Fsp3) is 0.136. The summed E-state index contributed by atoms with van der Waals surface area (Å²) in [6, 6.07) is 13.6. The van der Waals surface area contributed by atoms with E-state index >= 15 is 0 Å². The minimum absolute atomic E-state index is 0.0467. The molecule has 0 aliphatic heterocycles. The van der Waals surface area contributed by atoms with Crippen LogP contribution >= 0.6 is 0 Å². The van der Waals surface area contributed by atoms with Crippen LogP contribution in [0.5, 0.6) is 0 Å². The highest BCUT2D eigenvalue weighted by atomic mass is 19.4. The number of alkyl halides is 3. The van der Waals surface area contributed by atoms with Gasteiger partial charge in [0, 0.05) is 17.6 Å². The van der Waals surface area contributed by atoms with E-state index in [9.17, 15) is 23.1 Å². The number of benzene rings is 2. The molecule has 0 amide bonds. The maximum Gasteiger partial charge on any atom is 0.416 e. The van der Waals surface area contributed by atoms with E-state index in [0.717, 1.165) is 17.7 Å². The molecule has 27 heavy (non-hydrogen) atoms. The van der Waals surface area contributed by atoms with Gasteiger partial charge in [0.25, 0.3) is 0 Å². The van der Waals surface area contributed by atoms with Gasteiger partial charge in [-0.15, -0.1) is 0 Å².